The van der Waals surface area contributed by atoms with E-state index in [0.717, 1.165) is 25.2 Å². The molecular formula is C17H18ClNO2. The van der Waals surface area contributed by atoms with Gasteiger partial charge in [-0.15, -0.1) is 0 Å². The fourth-order valence-electron chi connectivity index (χ4n) is 2.61. The van der Waals surface area contributed by atoms with Crippen molar-refractivity contribution >= 4 is 11.6 Å². The topological polar surface area (TPSA) is 32.7 Å². The molecule has 3 rings (SSSR count). The Morgan fingerprint density at radius 3 is 2.76 bits per heavy atom. The van der Waals surface area contributed by atoms with Crippen molar-refractivity contribution in [2.75, 3.05) is 19.7 Å². The van der Waals surface area contributed by atoms with Gasteiger partial charge in [-0.25, -0.2) is 0 Å². The molecule has 1 atom stereocenters. The highest BCUT2D eigenvalue weighted by atomic mass is 35.5. The van der Waals surface area contributed by atoms with Gasteiger partial charge in [0.1, 0.15) is 5.75 Å². The summed E-state index contributed by atoms with van der Waals surface area (Å²) in [6.07, 6.45) is 0.000521. The van der Waals surface area contributed by atoms with E-state index in [1.165, 1.54) is 5.56 Å². The summed E-state index contributed by atoms with van der Waals surface area (Å²) in [5.74, 6) is 0.109. The van der Waals surface area contributed by atoms with Crippen LogP contribution in [0.3, 0.4) is 0 Å². The van der Waals surface area contributed by atoms with Crippen LogP contribution in [0, 0.1) is 0 Å². The zero-order valence-corrected chi connectivity index (χ0v) is 12.5. The third kappa shape index (κ3) is 3.56. The SMILES string of the molecule is Oc1ccc(C2CN(Cc3ccccc3)CCO2)cc1Cl. The monoisotopic (exact) mass is 303 g/mol. The zero-order chi connectivity index (χ0) is 14.7. The molecule has 2 aromatic rings. The maximum absolute atomic E-state index is 9.51. The number of halogens is 1. The van der Waals surface area contributed by atoms with Crippen LogP contribution in [-0.4, -0.2) is 29.7 Å². The minimum Gasteiger partial charge on any atom is -0.506 e. The maximum Gasteiger partial charge on any atom is 0.134 e. The molecule has 0 aliphatic carbocycles. The zero-order valence-electron chi connectivity index (χ0n) is 11.7. The second kappa shape index (κ2) is 6.48. The lowest BCUT2D eigenvalue weighted by molar-refractivity contribution is -0.0329. The summed E-state index contributed by atoms with van der Waals surface area (Å²) in [6, 6.07) is 15.7. The van der Waals surface area contributed by atoms with E-state index < -0.39 is 0 Å². The van der Waals surface area contributed by atoms with Gasteiger partial charge in [0.05, 0.1) is 17.7 Å². The van der Waals surface area contributed by atoms with E-state index in [2.05, 4.69) is 29.2 Å². The van der Waals surface area contributed by atoms with Crippen LogP contribution < -0.4 is 0 Å². The average Bonchev–Trinajstić information content (AvgIpc) is 2.51. The molecule has 1 N–H and O–H groups in total. The van der Waals surface area contributed by atoms with Crippen molar-refractivity contribution in [2.45, 2.75) is 12.6 Å². The van der Waals surface area contributed by atoms with Gasteiger partial charge in [-0.2, -0.15) is 0 Å². The number of phenolic OH excluding ortho intramolecular Hbond substituents is 1. The molecule has 0 amide bonds. The van der Waals surface area contributed by atoms with Crippen molar-refractivity contribution in [3.63, 3.8) is 0 Å². The first kappa shape index (κ1) is 14.4. The Morgan fingerprint density at radius 1 is 1.19 bits per heavy atom. The minimum atomic E-state index is 0.000521. The van der Waals surface area contributed by atoms with E-state index in [0.29, 0.717) is 11.6 Å². The van der Waals surface area contributed by atoms with Crippen LogP contribution in [0.4, 0.5) is 0 Å². The first-order chi connectivity index (χ1) is 10.2. The Hall–Kier alpha value is -1.55. The smallest absolute Gasteiger partial charge is 0.134 e. The van der Waals surface area contributed by atoms with E-state index in [-0.39, 0.29) is 11.9 Å². The van der Waals surface area contributed by atoms with E-state index >= 15 is 0 Å². The van der Waals surface area contributed by atoms with Crippen LogP contribution >= 0.6 is 11.6 Å². The molecule has 1 aliphatic heterocycles. The van der Waals surface area contributed by atoms with Crippen LogP contribution in [0.1, 0.15) is 17.2 Å². The van der Waals surface area contributed by atoms with Crippen LogP contribution in [0.5, 0.6) is 5.75 Å². The summed E-state index contributed by atoms with van der Waals surface area (Å²) < 4.78 is 5.84. The number of benzene rings is 2. The molecule has 3 nitrogen and oxygen atoms in total. The quantitative estimate of drug-likeness (QED) is 0.940. The lowest BCUT2D eigenvalue weighted by Crippen LogP contribution is -2.37. The highest BCUT2D eigenvalue weighted by Gasteiger charge is 2.22. The largest absolute Gasteiger partial charge is 0.506 e. The fourth-order valence-corrected chi connectivity index (χ4v) is 2.80. The van der Waals surface area contributed by atoms with E-state index in [4.69, 9.17) is 16.3 Å². The molecule has 2 aromatic carbocycles. The lowest BCUT2D eigenvalue weighted by atomic mass is 10.1. The molecule has 0 aromatic heterocycles. The van der Waals surface area contributed by atoms with Crippen LogP contribution in [0.25, 0.3) is 0 Å². The number of phenols is 1. The molecule has 1 saturated heterocycles. The van der Waals surface area contributed by atoms with Gasteiger partial charge in [-0.05, 0) is 23.3 Å². The number of rotatable bonds is 3. The van der Waals surface area contributed by atoms with E-state index in [1.54, 1.807) is 12.1 Å². The summed E-state index contributed by atoms with van der Waals surface area (Å²) in [7, 11) is 0. The number of ether oxygens (including phenoxy) is 1. The van der Waals surface area contributed by atoms with Crippen molar-refractivity contribution in [3.05, 3.63) is 64.7 Å². The number of morpholine rings is 1. The normalized spacial score (nSPS) is 19.6. The van der Waals surface area contributed by atoms with Crippen molar-refractivity contribution < 1.29 is 9.84 Å². The van der Waals surface area contributed by atoms with Crippen LogP contribution in [-0.2, 0) is 11.3 Å². The Kier molecular flexibility index (Phi) is 4.44. The molecule has 0 bridgehead atoms. The predicted octanol–water partition coefficient (Wildman–Crippen LogP) is 3.62. The van der Waals surface area contributed by atoms with Gasteiger partial charge < -0.3 is 9.84 Å². The van der Waals surface area contributed by atoms with Crippen molar-refractivity contribution in [1.82, 2.24) is 4.90 Å². The molecule has 1 heterocycles. The van der Waals surface area contributed by atoms with Crippen molar-refractivity contribution in [2.24, 2.45) is 0 Å². The summed E-state index contributed by atoms with van der Waals surface area (Å²) in [5, 5.41) is 9.88. The van der Waals surface area contributed by atoms with E-state index in [1.807, 2.05) is 12.1 Å². The van der Waals surface area contributed by atoms with Gasteiger partial charge >= 0.3 is 0 Å². The van der Waals surface area contributed by atoms with Gasteiger partial charge in [0, 0.05) is 19.6 Å². The van der Waals surface area contributed by atoms with Gasteiger partial charge in [-0.1, -0.05) is 48.0 Å². The number of hydrogen-bond donors (Lipinski definition) is 1. The minimum absolute atomic E-state index is 0.000521. The molecule has 110 valence electrons. The summed E-state index contributed by atoms with van der Waals surface area (Å²) in [6.45, 7) is 3.38. The third-order valence-corrected chi connectivity index (χ3v) is 4.05. The predicted molar refractivity (Wildman–Crippen MR) is 83.5 cm³/mol. The lowest BCUT2D eigenvalue weighted by Gasteiger charge is -2.33. The fraction of sp³-hybridized carbons (Fsp3) is 0.294. The number of nitrogens with zero attached hydrogens (tertiary/aromatic N) is 1. The Bertz CT molecular complexity index is 603. The molecule has 1 unspecified atom stereocenters. The van der Waals surface area contributed by atoms with Gasteiger partial charge in [0.2, 0.25) is 0 Å². The van der Waals surface area contributed by atoms with E-state index in [9.17, 15) is 5.11 Å². The number of hydrogen-bond acceptors (Lipinski definition) is 3. The molecule has 1 fully saturated rings. The summed E-state index contributed by atoms with van der Waals surface area (Å²) in [4.78, 5) is 2.38. The first-order valence-electron chi connectivity index (χ1n) is 7.08. The molecular weight excluding hydrogens is 286 g/mol. The van der Waals surface area contributed by atoms with Crippen LogP contribution in [0.2, 0.25) is 5.02 Å². The molecule has 0 saturated carbocycles. The second-order valence-corrected chi connectivity index (χ2v) is 5.70. The van der Waals surface area contributed by atoms with Crippen molar-refractivity contribution in [1.29, 1.82) is 0 Å². The Balaban J connectivity index is 1.69. The summed E-state index contributed by atoms with van der Waals surface area (Å²) >= 11 is 5.98. The summed E-state index contributed by atoms with van der Waals surface area (Å²) in [5.41, 5.74) is 2.32. The Labute approximate surface area is 129 Å². The standard InChI is InChI=1S/C17H18ClNO2/c18-15-10-14(6-7-16(15)20)17-12-19(8-9-21-17)11-13-4-2-1-3-5-13/h1-7,10,17,20H,8-9,11-12H2. The molecule has 0 spiro atoms. The third-order valence-electron chi connectivity index (χ3n) is 3.74. The van der Waals surface area contributed by atoms with Gasteiger partial charge in [-0.3, -0.25) is 4.90 Å². The Morgan fingerprint density at radius 2 is 2.00 bits per heavy atom. The highest BCUT2D eigenvalue weighted by Crippen LogP contribution is 2.30. The molecule has 1 aliphatic rings. The van der Waals surface area contributed by atoms with Crippen molar-refractivity contribution in [3.8, 4) is 5.75 Å². The molecule has 4 heteroatoms. The molecule has 21 heavy (non-hydrogen) atoms. The van der Waals surface area contributed by atoms with Crippen LogP contribution in [0.15, 0.2) is 48.5 Å². The second-order valence-electron chi connectivity index (χ2n) is 5.29. The van der Waals surface area contributed by atoms with Gasteiger partial charge in [0.25, 0.3) is 0 Å². The average molecular weight is 304 g/mol. The maximum atomic E-state index is 9.51. The first-order valence-corrected chi connectivity index (χ1v) is 7.46. The molecule has 0 radical (unpaired) electrons. The van der Waals surface area contributed by atoms with Gasteiger partial charge in [0.15, 0.2) is 0 Å². The number of aromatic hydroxyl groups is 1. The highest BCUT2D eigenvalue weighted by molar-refractivity contribution is 6.32.